The van der Waals surface area contributed by atoms with Crippen LogP contribution in [0.5, 0.6) is 28.7 Å². The number of methoxy groups -OCH3 is 2. The zero-order valence-electron chi connectivity index (χ0n) is 32.6. The van der Waals surface area contributed by atoms with E-state index in [1.165, 1.54) is 12.3 Å². The number of hydrogen-bond acceptors (Lipinski definition) is 15. The first kappa shape index (κ1) is 39.5. The van der Waals surface area contributed by atoms with Gasteiger partial charge in [0.05, 0.1) is 20.1 Å². The van der Waals surface area contributed by atoms with Crippen molar-refractivity contribution < 1.29 is 68.1 Å². The van der Waals surface area contributed by atoms with Crippen LogP contribution in [0, 0.1) is 0 Å². The number of hydrogen-bond donors (Lipinski definition) is 7. The van der Waals surface area contributed by atoms with E-state index >= 15 is 0 Å². The molecule has 60 heavy (non-hydrogen) atoms. The van der Waals surface area contributed by atoms with E-state index in [1.54, 1.807) is 32.6 Å². The number of aliphatic carboxylic acids is 1. The van der Waals surface area contributed by atoms with Crippen molar-refractivity contribution in [3.05, 3.63) is 113 Å². The molecule has 1 spiro atoms. The lowest BCUT2D eigenvalue weighted by Gasteiger charge is -2.52. The van der Waals surface area contributed by atoms with E-state index in [0.717, 1.165) is 38.4 Å². The highest BCUT2D eigenvalue weighted by Crippen LogP contribution is 2.59. The van der Waals surface area contributed by atoms with E-state index in [-0.39, 0.29) is 11.7 Å². The molecular formula is C43H45N4O13+. The number of carboxylic acid groups (broad SMARTS) is 1. The average molecular weight is 826 g/mol. The highest BCUT2D eigenvalue weighted by Gasteiger charge is 2.61. The number of quaternary nitrogens is 1. The predicted octanol–water partition coefficient (Wildman–Crippen LogP) is 0.520. The molecule has 3 aromatic carbocycles. The average Bonchev–Trinajstić information content (AvgIpc) is 3.94. The van der Waals surface area contributed by atoms with Gasteiger partial charge in [-0.05, 0) is 36.0 Å². The quantitative estimate of drug-likeness (QED) is 0.103. The number of carboxylic acids is 1. The second kappa shape index (κ2) is 15.6. The SMILES string of the molecule is COc1ccc2c(c1OC)O[C@H]1c3c(C[NH+]4C=C5N=CC=C5C4)cc(O[C@@H]4O[C@@]5(C=CN[C@H](N)[C@H]5OC(=O)CC(=O)O)[C@@H](O)[C@H](O)[C@H]4O)cc3O[C@H](Cc3ccccc3)[C@@H]21. The number of fused-ring (bicyclic) bond motifs is 6. The Hall–Kier alpha value is -5.95. The fourth-order valence-electron chi connectivity index (χ4n) is 9.12. The topological polar surface area (TPSA) is 235 Å². The molecule has 0 aliphatic carbocycles. The minimum atomic E-state index is -2.08. The van der Waals surface area contributed by atoms with Crippen molar-refractivity contribution in [3.8, 4) is 28.7 Å². The molecule has 1 fully saturated rings. The molecule has 11 atom stereocenters. The number of carbonyl (C=O) groups excluding carboxylic acids is 1. The van der Waals surface area contributed by atoms with Gasteiger partial charge in [0.15, 0.2) is 23.2 Å². The van der Waals surface area contributed by atoms with Gasteiger partial charge in [-0.3, -0.25) is 19.5 Å². The summed E-state index contributed by atoms with van der Waals surface area (Å²) in [6.07, 6.45) is -3.04. The molecule has 0 saturated carbocycles. The summed E-state index contributed by atoms with van der Waals surface area (Å²) in [7, 11) is 3.14. The fourth-order valence-corrected chi connectivity index (χ4v) is 9.12. The van der Waals surface area contributed by atoms with Gasteiger partial charge in [-0.15, -0.1) is 0 Å². The molecular weight excluding hydrogens is 780 g/mol. The second-order valence-corrected chi connectivity index (χ2v) is 15.5. The van der Waals surface area contributed by atoms with Crippen LogP contribution in [-0.4, -0.2) is 108 Å². The minimum absolute atomic E-state index is 0.184. The normalized spacial score (nSPS) is 31.6. The molecule has 0 bridgehead atoms. The Labute approximate surface area is 343 Å². The first-order chi connectivity index (χ1) is 29.0. The summed E-state index contributed by atoms with van der Waals surface area (Å²) in [5.41, 5.74) is 9.71. The van der Waals surface area contributed by atoms with E-state index in [0.29, 0.717) is 42.5 Å². The molecule has 6 aliphatic rings. The maximum absolute atomic E-state index is 12.6. The van der Waals surface area contributed by atoms with E-state index < -0.39 is 73.0 Å². The molecule has 17 nitrogen and oxygen atoms in total. The number of nitrogens with zero attached hydrogens (tertiary/aromatic N) is 1. The molecule has 6 aliphatic heterocycles. The molecule has 6 heterocycles. The number of allylic oxidation sites excluding steroid dienone is 1. The van der Waals surface area contributed by atoms with Crippen molar-refractivity contribution in [2.75, 3.05) is 20.8 Å². The fraction of sp³-hybridized carbons (Fsp3) is 0.372. The number of ether oxygens (including phenoxy) is 7. The van der Waals surface area contributed by atoms with Crippen LogP contribution in [0.3, 0.4) is 0 Å². The molecule has 0 amide bonds. The predicted molar refractivity (Wildman–Crippen MR) is 209 cm³/mol. The number of benzene rings is 3. The Kier molecular flexibility index (Phi) is 10.3. The Morgan fingerprint density at radius 3 is 2.62 bits per heavy atom. The zero-order valence-corrected chi connectivity index (χ0v) is 32.6. The Morgan fingerprint density at radius 2 is 1.87 bits per heavy atom. The van der Waals surface area contributed by atoms with Crippen LogP contribution < -0.4 is 39.6 Å². The van der Waals surface area contributed by atoms with Gasteiger partial charge < -0.3 is 64.6 Å². The Bertz CT molecular complexity index is 2320. The number of nitrogens with two attached hydrogens (primary N) is 1. The monoisotopic (exact) mass is 825 g/mol. The van der Waals surface area contributed by atoms with E-state index in [9.17, 15) is 30.0 Å². The van der Waals surface area contributed by atoms with Gasteiger partial charge >= 0.3 is 11.9 Å². The molecule has 17 heteroatoms. The van der Waals surface area contributed by atoms with Crippen LogP contribution in [0.2, 0.25) is 0 Å². The third-order valence-corrected chi connectivity index (χ3v) is 11.8. The van der Waals surface area contributed by atoms with Gasteiger partial charge in [0, 0.05) is 41.0 Å². The third-order valence-electron chi connectivity index (χ3n) is 11.8. The number of carbonyl (C=O) groups is 2. The van der Waals surface area contributed by atoms with Crippen LogP contribution in [0.25, 0.3) is 0 Å². The van der Waals surface area contributed by atoms with Gasteiger partial charge in [0.1, 0.15) is 79.6 Å². The van der Waals surface area contributed by atoms with Crippen molar-refractivity contribution in [1.29, 1.82) is 0 Å². The van der Waals surface area contributed by atoms with Crippen molar-refractivity contribution in [2.45, 2.75) is 80.0 Å². The summed E-state index contributed by atoms with van der Waals surface area (Å²) >= 11 is 0. The molecule has 8 N–H and O–H groups in total. The van der Waals surface area contributed by atoms with E-state index in [1.807, 2.05) is 48.5 Å². The minimum Gasteiger partial charge on any atom is -0.493 e. The zero-order chi connectivity index (χ0) is 41.9. The summed E-state index contributed by atoms with van der Waals surface area (Å²) in [5.74, 6) is -0.695. The lowest BCUT2D eigenvalue weighted by molar-refractivity contribution is -0.851. The molecule has 314 valence electrons. The highest BCUT2D eigenvalue weighted by atomic mass is 16.7. The first-order valence-corrected chi connectivity index (χ1v) is 19.6. The molecule has 9 rings (SSSR count). The summed E-state index contributed by atoms with van der Waals surface area (Å²) in [5, 5.41) is 46.0. The molecule has 1 saturated heterocycles. The second-order valence-electron chi connectivity index (χ2n) is 15.5. The molecule has 0 radical (unpaired) electrons. The lowest BCUT2D eigenvalue weighted by Crippen LogP contribution is -3.04. The maximum Gasteiger partial charge on any atom is 0.317 e. The third kappa shape index (κ3) is 6.82. The maximum atomic E-state index is 12.6. The number of aliphatic hydroxyl groups is 3. The van der Waals surface area contributed by atoms with Gasteiger partial charge in [-0.2, -0.15) is 0 Å². The number of aliphatic hydroxyl groups excluding tert-OH is 3. The summed E-state index contributed by atoms with van der Waals surface area (Å²) < 4.78 is 43.6. The molecule has 1 unspecified atom stereocenters. The van der Waals surface area contributed by atoms with Crippen molar-refractivity contribution in [1.82, 2.24) is 5.32 Å². The smallest absolute Gasteiger partial charge is 0.317 e. The van der Waals surface area contributed by atoms with E-state index in [4.69, 9.17) is 38.9 Å². The number of esters is 1. The first-order valence-electron chi connectivity index (χ1n) is 19.6. The standard InChI is InChI=1S/C43H44N4O13/c1-54-27-9-8-25-33-28(14-21-6-4-3-5-7-21)57-29-16-24(15-23(19-47-18-22-10-12-45-26(22)20-47)32(29)38(33)59-36(25)37(27)55-2)56-42-35(52)34(51)39(53)43(60-42)11-13-46-41(44)40(43)58-31(50)17-30(48)49/h3-13,15-16,20,28,33-35,38-42,46,51-53H,14,17-19,44H2,1-2H3,(H,48,49)/p+1/t28-,33-,34-,35-,38+,39+,40-,41+,42-,43+/m1/s1. The molecule has 0 aromatic heterocycles. The Balaban J connectivity index is 1.12. The van der Waals surface area contributed by atoms with E-state index in [2.05, 4.69) is 16.5 Å². The van der Waals surface area contributed by atoms with Gasteiger partial charge in [-0.1, -0.05) is 36.4 Å². The number of rotatable bonds is 11. The highest BCUT2D eigenvalue weighted by molar-refractivity contribution is 5.90. The largest absolute Gasteiger partial charge is 0.493 e. The number of nitrogens with one attached hydrogen (secondary N) is 2. The van der Waals surface area contributed by atoms with Crippen LogP contribution in [0.15, 0.2) is 95.4 Å². The van der Waals surface area contributed by atoms with Gasteiger partial charge in [0.25, 0.3) is 0 Å². The summed E-state index contributed by atoms with van der Waals surface area (Å²) in [6, 6.07) is 17.3. The van der Waals surface area contributed by atoms with Crippen LogP contribution >= 0.6 is 0 Å². The lowest BCUT2D eigenvalue weighted by atomic mass is 9.79. The van der Waals surface area contributed by atoms with Gasteiger partial charge in [-0.25, -0.2) is 0 Å². The van der Waals surface area contributed by atoms with Gasteiger partial charge in [0.2, 0.25) is 12.0 Å². The van der Waals surface area contributed by atoms with Crippen molar-refractivity contribution in [2.24, 2.45) is 10.7 Å². The van der Waals surface area contributed by atoms with Crippen LogP contribution in [0.1, 0.15) is 40.7 Å². The van der Waals surface area contributed by atoms with Crippen LogP contribution in [-0.2, 0) is 32.0 Å². The summed E-state index contributed by atoms with van der Waals surface area (Å²) in [6.45, 7) is 1.11. The van der Waals surface area contributed by atoms with Crippen LogP contribution in [0.4, 0.5) is 0 Å². The van der Waals surface area contributed by atoms with Crippen molar-refractivity contribution in [3.63, 3.8) is 0 Å². The molecule has 3 aromatic rings. The van der Waals surface area contributed by atoms with Crippen molar-refractivity contribution >= 4 is 18.2 Å². The Morgan fingerprint density at radius 1 is 1.05 bits per heavy atom. The summed E-state index contributed by atoms with van der Waals surface area (Å²) in [4.78, 5) is 29.5. The number of aliphatic imine (C=N–C) groups is 1.